The molecule has 2 atom stereocenters. The van der Waals surface area contributed by atoms with E-state index in [2.05, 4.69) is 0 Å². The molecule has 0 unspecified atom stereocenters. The first-order chi connectivity index (χ1) is 12.2. The maximum atomic E-state index is 13.4. The standard InChI is InChI=1S/C18H14ClF3O3S/c1-26-14-5-3-2-4-11(14)12-8-10(19)6-9-7-13(17(23)24)16(18(20,21)22)25-15(9)12/h2-6,8,13,16H,7H2,1H3,(H,23,24)/t13-,16+/m1/s1. The number of carbonyl (C=O) groups is 1. The van der Waals surface area contributed by atoms with Gasteiger partial charge in [0.1, 0.15) is 11.7 Å². The summed E-state index contributed by atoms with van der Waals surface area (Å²) in [7, 11) is 0. The van der Waals surface area contributed by atoms with Crippen molar-refractivity contribution in [2.75, 3.05) is 6.26 Å². The Morgan fingerprint density at radius 1 is 1.27 bits per heavy atom. The van der Waals surface area contributed by atoms with Crippen LogP contribution in [0.25, 0.3) is 11.1 Å². The van der Waals surface area contributed by atoms with Crippen LogP contribution in [0.15, 0.2) is 41.3 Å². The highest BCUT2D eigenvalue weighted by Crippen LogP contribution is 2.46. The fourth-order valence-corrected chi connectivity index (χ4v) is 3.93. The molecule has 0 saturated carbocycles. The fourth-order valence-electron chi connectivity index (χ4n) is 3.07. The normalized spacial score (nSPS) is 19.6. The molecule has 0 bridgehead atoms. The molecule has 138 valence electrons. The molecule has 2 aromatic carbocycles. The minimum Gasteiger partial charge on any atom is -0.481 e. The third-order valence-corrected chi connectivity index (χ3v) is 5.23. The van der Waals surface area contributed by atoms with Gasteiger partial charge in [-0.2, -0.15) is 13.2 Å². The Morgan fingerprint density at radius 2 is 1.96 bits per heavy atom. The van der Waals surface area contributed by atoms with Crippen molar-refractivity contribution in [2.45, 2.75) is 23.6 Å². The number of carboxylic acids is 1. The molecule has 0 fully saturated rings. The van der Waals surface area contributed by atoms with Crippen LogP contribution in [0.1, 0.15) is 5.56 Å². The first-order valence-electron chi connectivity index (χ1n) is 7.64. The van der Waals surface area contributed by atoms with Crippen LogP contribution in [0, 0.1) is 5.92 Å². The number of halogens is 4. The van der Waals surface area contributed by atoms with Gasteiger partial charge in [0.05, 0.1) is 0 Å². The second-order valence-corrected chi connectivity index (χ2v) is 7.16. The van der Waals surface area contributed by atoms with Gasteiger partial charge in [0.25, 0.3) is 0 Å². The molecule has 1 heterocycles. The van der Waals surface area contributed by atoms with E-state index in [0.29, 0.717) is 21.7 Å². The molecule has 26 heavy (non-hydrogen) atoms. The number of benzene rings is 2. The predicted molar refractivity (Wildman–Crippen MR) is 94.0 cm³/mol. The van der Waals surface area contributed by atoms with Gasteiger partial charge in [-0.25, -0.2) is 0 Å². The molecule has 2 aromatic rings. The van der Waals surface area contributed by atoms with E-state index in [1.54, 1.807) is 18.2 Å². The van der Waals surface area contributed by atoms with Gasteiger partial charge in [-0.05, 0) is 42.0 Å². The van der Waals surface area contributed by atoms with Gasteiger partial charge in [-0.1, -0.05) is 29.8 Å². The van der Waals surface area contributed by atoms with E-state index < -0.39 is 24.2 Å². The summed E-state index contributed by atoms with van der Waals surface area (Å²) in [5.74, 6) is -3.23. The molecular weight excluding hydrogens is 389 g/mol. The highest BCUT2D eigenvalue weighted by Gasteiger charge is 2.52. The molecule has 8 heteroatoms. The number of alkyl halides is 3. The van der Waals surface area contributed by atoms with Gasteiger partial charge in [0, 0.05) is 15.5 Å². The van der Waals surface area contributed by atoms with E-state index in [0.717, 1.165) is 4.90 Å². The molecule has 1 aliphatic rings. The molecular formula is C18H14ClF3O3S. The van der Waals surface area contributed by atoms with Crippen LogP contribution in [0.5, 0.6) is 5.75 Å². The lowest BCUT2D eigenvalue weighted by atomic mass is 9.88. The SMILES string of the molecule is CSc1ccccc1-c1cc(Cl)cc2c1O[C@H](C(F)(F)F)[C@H](C(=O)O)C2. The second-order valence-electron chi connectivity index (χ2n) is 5.87. The lowest BCUT2D eigenvalue weighted by Gasteiger charge is -2.34. The van der Waals surface area contributed by atoms with Crippen molar-refractivity contribution < 1.29 is 27.8 Å². The summed E-state index contributed by atoms with van der Waals surface area (Å²) in [5, 5.41) is 9.53. The molecule has 0 radical (unpaired) electrons. The number of carboxylic acid groups (broad SMARTS) is 1. The number of thioether (sulfide) groups is 1. The van der Waals surface area contributed by atoms with Crippen LogP contribution in [-0.2, 0) is 11.2 Å². The zero-order chi connectivity index (χ0) is 19.1. The van der Waals surface area contributed by atoms with Crippen LogP contribution in [0.3, 0.4) is 0 Å². The van der Waals surface area contributed by atoms with Gasteiger partial charge >= 0.3 is 12.1 Å². The number of rotatable bonds is 3. The summed E-state index contributed by atoms with van der Waals surface area (Å²) < 4.78 is 45.4. The van der Waals surface area contributed by atoms with Crippen LogP contribution in [0.4, 0.5) is 13.2 Å². The second kappa shape index (κ2) is 7.04. The number of fused-ring (bicyclic) bond motifs is 1. The summed E-state index contributed by atoms with van der Waals surface area (Å²) in [4.78, 5) is 12.2. The third-order valence-electron chi connectivity index (χ3n) is 4.22. The van der Waals surface area contributed by atoms with Gasteiger partial charge in [-0.15, -0.1) is 11.8 Å². The van der Waals surface area contributed by atoms with Crippen molar-refractivity contribution in [3.8, 4) is 16.9 Å². The zero-order valence-corrected chi connectivity index (χ0v) is 15.1. The van der Waals surface area contributed by atoms with Crippen molar-refractivity contribution in [3.05, 3.63) is 47.0 Å². The van der Waals surface area contributed by atoms with E-state index in [9.17, 15) is 23.1 Å². The fraction of sp³-hybridized carbons (Fsp3) is 0.278. The topological polar surface area (TPSA) is 46.5 Å². The molecule has 0 amide bonds. The molecule has 0 aromatic heterocycles. The Balaban J connectivity index is 2.19. The van der Waals surface area contributed by atoms with Gasteiger partial charge in [-0.3, -0.25) is 4.79 Å². The maximum absolute atomic E-state index is 13.4. The van der Waals surface area contributed by atoms with Crippen molar-refractivity contribution in [1.29, 1.82) is 0 Å². The van der Waals surface area contributed by atoms with E-state index in [-0.39, 0.29) is 12.2 Å². The summed E-state index contributed by atoms with van der Waals surface area (Å²) in [6.07, 6.45) is -5.65. The number of hydrogen-bond acceptors (Lipinski definition) is 3. The largest absolute Gasteiger partial charge is 0.481 e. The highest BCUT2D eigenvalue weighted by atomic mass is 35.5. The smallest absolute Gasteiger partial charge is 0.426 e. The van der Waals surface area contributed by atoms with Crippen LogP contribution >= 0.6 is 23.4 Å². The van der Waals surface area contributed by atoms with E-state index >= 15 is 0 Å². The lowest BCUT2D eigenvalue weighted by Crippen LogP contribution is -2.47. The first-order valence-corrected chi connectivity index (χ1v) is 9.24. The molecule has 1 aliphatic heterocycles. The maximum Gasteiger partial charge on any atom is 0.426 e. The van der Waals surface area contributed by atoms with E-state index in [1.165, 1.54) is 17.8 Å². The van der Waals surface area contributed by atoms with Gasteiger partial charge in [0.2, 0.25) is 6.10 Å². The number of aliphatic carboxylic acids is 1. The molecule has 0 aliphatic carbocycles. The molecule has 3 rings (SSSR count). The lowest BCUT2D eigenvalue weighted by molar-refractivity contribution is -0.217. The summed E-state index contributed by atoms with van der Waals surface area (Å²) in [6, 6.07) is 10.2. The quantitative estimate of drug-likeness (QED) is 0.708. The van der Waals surface area contributed by atoms with Crippen molar-refractivity contribution in [1.82, 2.24) is 0 Å². The number of ether oxygens (including phenoxy) is 1. The van der Waals surface area contributed by atoms with Gasteiger partial charge < -0.3 is 9.84 Å². The Labute approximate surface area is 157 Å². The average Bonchev–Trinajstić information content (AvgIpc) is 2.58. The Bertz CT molecular complexity index is 854. The molecule has 0 saturated heterocycles. The summed E-state index contributed by atoms with van der Waals surface area (Å²) >= 11 is 7.59. The molecule has 1 N–H and O–H groups in total. The summed E-state index contributed by atoms with van der Waals surface area (Å²) in [5.41, 5.74) is 1.47. The third kappa shape index (κ3) is 3.50. The van der Waals surface area contributed by atoms with Crippen LogP contribution in [0.2, 0.25) is 5.02 Å². The summed E-state index contributed by atoms with van der Waals surface area (Å²) in [6.45, 7) is 0. The average molecular weight is 403 g/mol. The molecule has 0 spiro atoms. The first kappa shape index (κ1) is 18.9. The Hall–Kier alpha value is -1.86. The van der Waals surface area contributed by atoms with E-state index in [1.807, 2.05) is 18.4 Å². The van der Waals surface area contributed by atoms with Crippen molar-refractivity contribution in [3.63, 3.8) is 0 Å². The predicted octanol–water partition coefficient (Wildman–Crippen LogP) is 5.30. The highest BCUT2D eigenvalue weighted by molar-refractivity contribution is 7.98. The van der Waals surface area contributed by atoms with Crippen molar-refractivity contribution in [2.24, 2.45) is 5.92 Å². The van der Waals surface area contributed by atoms with Crippen molar-refractivity contribution >= 4 is 29.3 Å². The minimum absolute atomic E-state index is 0.0377. The van der Waals surface area contributed by atoms with Crippen LogP contribution < -0.4 is 4.74 Å². The van der Waals surface area contributed by atoms with E-state index in [4.69, 9.17) is 16.3 Å². The number of hydrogen-bond donors (Lipinski definition) is 1. The van der Waals surface area contributed by atoms with Gasteiger partial charge in [0.15, 0.2) is 0 Å². The minimum atomic E-state index is -4.79. The Kier molecular flexibility index (Phi) is 5.12. The Morgan fingerprint density at radius 3 is 2.58 bits per heavy atom. The van der Waals surface area contributed by atoms with Crippen LogP contribution in [-0.4, -0.2) is 29.6 Å². The zero-order valence-electron chi connectivity index (χ0n) is 13.5. The molecule has 3 nitrogen and oxygen atoms in total. The monoisotopic (exact) mass is 402 g/mol.